The average Bonchev–Trinajstić information content (AvgIpc) is 1.52. The van der Waals surface area contributed by atoms with Crippen LogP contribution in [0.25, 0.3) is 66.5 Å². The van der Waals surface area contributed by atoms with E-state index < -0.39 is 13.7 Å². The van der Waals surface area contributed by atoms with Gasteiger partial charge in [-0.05, 0) is 177 Å². The summed E-state index contributed by atoms with van der Waals surface area (Å²) in [6.45, 7) is 46.3. The lowest BCUT2D eigenvalue weighted by molar-refractivity contribution is 0.147. The minimum absolute atomic E-state index is 0.114. The third kappa shape index (κ3) is 20.2. The summed E-state index contributed by atoms with van der Waals surface area (Å²) in [4.78, 5) is 20.4. The van der Waals surface area contributed by atoms with E-state index in [1.165, 1.54) is 0 Å². The number of rotatable bonds is 28. The Bertz CT molecular complexity index is 5190. The molecule has 0 saturated heterocycles. The van der Waals surface area contributed by atoms with Gasteiger partial charge in [-0.3, -0.25) is 15.0 Å². The molecule has 4 heterocycles. The largest absolute Gasteiger partial charge is 0.493 e. The Labute approximate surface area is 681 Å². The summed E-state index contributed by atoms with van der Waals surface area (Å²) in [6, 6.07) is 72.4. The highest BCUT2D eigenvalue weighted by molar-refractivity contribution is 6.85. The molecule has 12 heteroatoms. The van der Waals surface area contributed by atoms with E-state index >= 15 is 0 Å². The summed E-state index contributed by atoms with van der Waals surface area (Å²) in [5.41, 5.74) is 16.6. The highest BCUT2D eigenvalue weighted by Gasteiger charge is 2.39. The molecular weight excluding hydrogens is 1390 g/mol. The predicted octanol–water partition coefficient (Wildman–Crippen LogP) is 21.5. The summed E-state index contributed by atoms with van der Waals surface area (Å²) in [5, 5.41) is 28.8. The van der Waals surface area contributed by atoms with Gasteiger partial charge in [0.25, 0.3) is 0 Å². The van der Waals surface area contributed by atoms with Gasteiger partial charge in [0, 0.05) is 45.7 Å². The van der Waals surface area contributed by atoms with Crippen LogP contribution in [0, 0.1) is 108 Å². The Morgan fingerprint density at radius 1 is 0.404 bits per heavy atom. The topological polar surface area (TPSA) is 127 Å². The van der Waals surface area contributed by atoms with Gasteiger partial charge in [0.05, 0.1) is 57.7 Å². The van der Waals surface area contributed by atoms with Gasteiger partial charge in [-0.2, -0.15) is 10.5 Å². The summed E-state index contributed by atoms with van der Waals surface area (Å²) in [6.07, 6.45) is 13.9. The second-order valence-corrected chi connectivity index (χ2v) is 38.4. The van der Waals surface area contributed by atoms with E-state index in [1.807, 2.05) is 42.5 Å². The molecule has 10 nitrogen and oxygen atoms in total. The predicted molar refractivity (Wildman–Crippen MR) is 480 cm³/mol. The van der Waals surface area contributed by atoms with Crippen LogP contribution in [-0.2, 0) is 0 Å². The number of benzene rings is 8. The van der Waals surface area contributed by atoms with Crippen molar-refractivity contribution in [2.45, 2.75) is 190 Å². The molecule has 0 amide bonds. The van der Waals surface area contributed by atoms with Crippen LogP contribution in [0.3, 0.4) is 0 Å². The Hall–Kier alpha value is -10.3. The SMILES string of the molecule is Cc1cccc(B(c2cccc(C)c2)n2c(-c3cccc(OCC(CCC(C)CC(C)(C)C)C(C)CC(C)(C)C)c3)c3/c(=C(\C#N)c4cnc5ccccc5n4)n(B(c4cccc(C)c4)c4cccc(C)c4)c(-c4cccc(OCC(CCC(C)CC(C)(C)C)C(C)CC(C)(C)C)c4)c3/c2=C(\C#N)c2ccc3nccnc3c2)c1. The molecule has 0 bridgehead atoms. The number of hydrogen-bond donors (Lipinski definition) is 0. The zero-order valence-electron chi connectivity index (χ0n) is 71.7. The molecule has 0 radical (unpaired) electrons. The first-order chi connectivity index (χ1) is 54.2. The molecular formula is C102H120B2N8O2. The van der Waals surface area contributed by atoms with E-state index in [1.54, 1.807) is 18.6 Å². The second kappa shape index (κ2) is 35.2. The zero-order chi connectivity index (χ0) is 81.6. The summed E-state index contributed by atoms with van der Waals surface area (Å²) >= 11 is 0. The van der Waals surface area contributed by atoms with E-state index in [0.29, 0.717) is 92.1 Å². The molecule has 6 unspecified atom stereocenters. The molecule has 0 fully saturated rings. The molecule has 4 aromatic heterocycles. The number of hydrogen-bond acceptors (Lipinski definition) is 8. The molecule has 12 aromatic rings. The van der Waals surface area contributed by atoms with Crippen molar-refractivity contribution in [1.82, 2.24) is 28.9 Å². The smallest absolute Gasteiger partial charge is 0.328 e. The Morgan fingerprint density at radius 3 is 1.19 bits per heavy atom. The highest BCUT2D eigenvalue weighted by Crippen LogP contribution is 2.42. The first-order valence-corrected chi connectivity index (χ1v) is 41.7. The van der Waals surface area contributed by atoms with Crippen LogP contribution < -0.4 is 42.0 Å². The van der Waals surface area contributed by atoms with Crippen molar-refractivity contribution in [2.75, 3.05) is 13.2 Å². The van der Waals surface area contributed by atoms with Crippen molar-refractivity contribution in [3.05, 3.63) is 251 Å². The van der Waals surface area contributed by atoms with Gasteiger partial charge in [-0.15, -0.1) is 0 Å². The van der Waals surface area contributed by atoms with Crippen molar-refractivity contribution in [1.29, 1.82) is 10.5 Å². The van der Waals surface area contributed by atoms with Gasteiger partial charge in [0.2, 0.25) is 0 Å². The number of para-hydroxylation sites is 2. The molecule has 0 aliphatic carbocycles. The minimum atomic E-state index is -0.631. The zero-order valence-corrected chi connectivity index (χ0v) is 71.7. The van der Waals surface area contributed by atoms with Gasteiger partial charge in [0.1, 0.15) is 34.9 Å². The third-order valence-corrected chi connectivity index (χ3v) is 22.9. The van der Waals surface area contributed by atoms with E-state index in [0.717, 1.165) is 140 Å². The number of nitrogens with zero attached hydrogens (tertiary/aromatic N) is 8. The minimum Gasteiger partial charge on any atom is -0.493 e. The number of nitriles is 2. The molecule has 114 heavy (non-hydrogen) atoms. The van der Waals surface area contributed by atoms with Crippen LogP contribution in [0.15, 0.2) is 207 Å². The maximum absolute atomic E-state index is 13.0. The fourth-order valence-corrected chi connectivity index (χ4v) is 18.5. The van der Waals surface area contributed by atoms with Crippen LogP contribution in [0.4, 0.5) is 0 Å². The van der Waals surface area contributed by atoms with Gasteiger partial charge in [0.15, 0.2) is 0 Å². The molecule has 6 atom stereocenters. The van der Waals surface area contributed by atoms with E-state index in [9.17, 15) is 10.5 Å². The Balaban J connectivity index is 1.31. The third-order valence-electron chi connectivity index (χ3n) is 22.9. The Morgan fingerprint density at radius 2 is 0.789 bits per heavy atom. The fraction of sp³-hybridized carbons (Fsp3) is 0.392. The van der Waals surface area contributed by atoms with Crippen LogP contribution in [0.2, 0.25) is 0 Å². The molecule has 0 aliphatic rings. The lowest BCUT2D eigenvalue weighted by atomic mass is 9.49. The monoisotopic (exact) mass is 1510 g/mol. The van der Waals surface area contributed by atoms with Gasteiger partial charge >= 0.3 is 13.7 Å². The number of ether oxygens (including phenoxy) is 2. The number of aromatic nitrogens is 6. The van der Waals surface area contributed by atoms with Gasteiger partial charge < -0.3 is 18.4 Å². The molecule has 0 aliphatic heterocycles. The van der Waals surface area contributed by atoms with Crippen LogP contribution in [0.5, 0.6) is 11.5 Å². The van der Waals surface area contributed by atoms with Crippen molar-refractivity contribution in [3.8, 4) is 46.2 Å². The quantitative estimate of drug-likeness (QED) is 0.0444. The standard InChI is InChI=1S/C102H120B2N8O2/c1-67-29-23-35-80(51-67)103(81-36-24-30-68(2)52-81)111-96(77-34-28-40-85(56-77)114-66-79(74(8)61-102(18,19)20)46-44-72(6)59-100(12,13)14)94-93(97(111)86(62-105)75-47-48-89-91(57-75)108-50-49-107-89)95(76-33-27-39-84(55-76)113-65-78(73(7)60-101(15,16)17)45-43-71(5)58-99(9,10)11)112(98(94)87(63-106)92-64-109-88-41-21-22-42-90(88)110-92)104(82-37-25-31-69(3)53-82)83-38-26-32-70(4)54-83/h21-42,47-57,64,71-74,78-79H,43-46,58-61,65-66H2,1-20H3/b97-86-,98-87-. The summed E-state index contributed by atoms with van der Waals surface area (Å²) < 4.78 is 19.8. The van der Waals surface area contributed by atoms with Crippen molar-refractivity contribution < 1.29 is 9.47 Å². The van der Waals surface area contributed by atoms with Crippen molar-refractivity contribution in [2.24, 2.45) is 57.2 Å². The van der Waals surface area contributed by atoms with E-state index in [4.69, 9.17) is 29.4 Å². The number of aryl methyl sites for hydroxylation is 4. The molecule has 8 aromatic carbocycles. The van der Waals surface area contributed by atoms with Crippen LogP contribution in [-0.4, -0.2) is 55.8 Å². The molecule has 0 N–H and O–H groups in total. The van der Waals surface area contributed by atoms with E-state index in [-0.39, 0.29) is 33.5 Å². The fourth-order valence-electron chi connectivity index (χ4n) is 18.5. The lowest BCUT2D eigenvalue weighted by Crippen LogP contribution is -2.54. The Kier molecular flexibility index (Phi) is 25.7. The second-order valence-electron chi connectivity index (χ2n) is 38.4. The van der Waals surface area contributed by atoms with Crippen molar-refractivity contribution in [3.63, 3.8) is 0 Å². The lowest BCUT2D eigenvalue weighted by Gasteiger charge is -2.31. The van der Waals surface area contributed by atoms with E-state index in [2.05, 4.69) is 305 Å². The summed E-state index contributed by atoms with van der Waals surface area (Å²) in [5.74, 6) is 3.82. The molecule has 586 valence electrons. The summed E-state index contributed by atoms with van der Waals surface area (Å²) in [7, 11) is 0. The first-order valence-electron chi connectivity index (χ1n) is 41.7. The first kappa shape index (κ1) is 83.1. The van der Waals surface area contributed by atoms with Crippen LogP contribution in [0.1, 0.15) is 196 Å². The van der Waals surface area contributed by atoms with Crippen molar-refractivity contribution >= 4 is 79.5 Å². The molecule has 0 saturated carbocycles. The molecule has 12 rings (SSSR count). The maximum atomic E-state index is 13.0. The maximum Gasteiger partial charge on any atom is 0.328 e. The normalized spacial score (nSPS) is 14.4. The van der Waals surface area contributed by atoms with Crippen LogP contribution >= 0.6 is 0 Å². The number of fused-ring (bicyclic) bond motifs is 3. The van der Waals surface area contributed by atoms with Gasteiger partial charge in [-0.25, -0.2) is 4.98 Å². The molecule has 0 spiro atoms. The van der Waals surface area contributed by atoms with Gasteiger partial charge in [-0.1, -0.05) is 307 Å². The highest BCUT2D eigenvalue weighted by atomic mass is 16.5. The average molecular weight is 1510 g/mol.